The first-order valence-electron chi connectivity index (χ1n) is 20.2. The van der Waals surface area contributed by atoms with Gasteiger partial charge in [0.2, 0.25) is 29.1 Å². The van der Waals surface area contributed by atoms with Gasteiger partial charge in [-0.15, -0.1) is 0 Å². The van der Waals surface area contributed by atoms with Crippen LogP contribution in [0, 0.1) is 116 Å². The van der Waals surface area contributed by atoms with Gasteiger partial charge in [0.25, 0.3) is 0 Å². The summed E-state index contributed by atoms with van der Waals surface area (Å²) in [7, 11) is 0. The molecule has 3 aromatic heterocycles. The molecule has 0 amide bonds. The summed E-state index contributed by atoms with van der Waals surface area (Å²) in [6.45, 7) is 0. The van der Waals surface area contributed by atoms with E-state index in [-0.39, 0.29) is 0 Å². The van der Waals surface area contributed by atoms with Crippen molar-refractivity contribution in [3.05, 3.63) is 221 Å². The molecule has 0 fully saturated rings. The van der Waals surface area contributed by atoms with Crippen LogP contribution in [-0.4, -0.2) is 32.4 Å². The number of amidine groups is 1. The second kappa shape index (κ2) is 17.2. The SMILES string of the molecule is O=C(c1ccn2c1-c1[nH]ccc1C(c1c(F)c(F)c(F)c(F)c1F)=C1C=CC(=C(c3c(F)c(F)c(F)c(F)c3F)C3=NC(=C(c4c(F)c(F)c(F)c(F)c4F)c4ccc-2[nH]4)C=N3)C1)c1c(F)c(F)c(F)c(F)c1F. The third-order valence-electron chi connectivity index (χ3n) is 11.9. The Morgan fingerprint density at radius 3 is 1.42 bits per heavy atom. The maximum absolute atomic E-state index is 16.2. The summed E-state index contributed by atoms with van der Waals surface area (Å²) in [5.41, 5.74) is -18.3. The minimum absolute atomic E-state index is 0.441. The number of hydrogen-bond acceptors (Lipinski definition) is 3. The largest absolute Gasteiger partial charge is 0.359 e. The third kappa shape index (κ3) is 6.85. The number of carbonyl (C=O) groups excluding carboxylic acids is 1. The van der Waals surface area contributed by atoms with Crippen molar-refractivity contribution in [3.63, 3.8) is 0 Å². The van der Waals surface area contributed by atoms with Crippen LogP contribution in [0.4, 0.5) is 87.8 Å². The minimum atomic E-state index is -2.73. The maximum atomic E-state index is 16.2. The molecule has 74 heavy (non-hydrogen) atoms. The Morgan fingerprint density at radius 1 is 0.486 bits per heavy atom. The van der Waals surface area contributed by atoms with Gasteiger partial charge in [0.05, 0.1) is 51.2 Å². The fraction of sp³-hybridized carbons (Fsp3) is 0.0208. The van der Waals surface area contributed by atoms with Gasteiger partial charge in [0.1, 0.15) is 11.4 Å². The van der Waals surface area contributed by atoms with E-state index in [0.29, 0.717) is 22.9 Å². The summed E-state index contributed by atoms with van der Waals surface area (Å²) in [6, 6.07) is 3.05. The molecule has 2 aliphatic heterocycles. The van der Waals surface area contributed by atoms with Crippen LogP contribution in [0.2, 0.25) is 0 Å². The lowest BCUT2D eigenvalue weighted by molar-refractivity contribution is 0.102. The van der Waals surface area contributed by atoms with E-state index < -0.39 is 224 Å². The van der Waals surface area contributed by atoms with Crippen LogP contribution in [0.15, 0.2) is 75.6 Å². The molecule has 5 heterocycles. The summed E-state index contributed by atoms with van der Waals surface area (Å²) in [6.07, 6.45) is 2.32. The molecule has 6 nitrogen and oxygen atoms in total. The molecule has 3 aliphatic rings. The molecule has 0 saturated heterocycles. The lowest BCUT2D eigenvalue weighted by Gasteiger charge is -2.18. The van der Waals surface area contributed by atoms with Crippen molar-refractivity contribution in [1.82, 2.24) is 14.5 Å². The number of fused-ring (bicyclic) bond motifs is 9. The number of aliphatic imine (C=N–C) groups is 2. The van der Waals surface area contributed by atoms with Crippen molar-refractivity contribution >= 4 is 34.6 Å². The van der Waals surface area contributed by atoms with E-state index in [2.05, 4.69) is 20.0 Å². The number of aromatic amines is 2. The number of halogens is 20. The van der Waals surface area contributed by atoms with Gasteiger partial charge < -0.3 is 14.5 Å². The first kappa shape index (κ1) is 48.9. The van der Waals surface area contributed by atoms with Crippen molar-refractivity contribution in [1.29, 1.82) is 0 Å². The Bertz CT molecular complexity index is 3840. The zero-order chi connectivity index (χ0) is 53.4. The molecule has 376 valence electrons. The van der Waals surface area contributed by atoms with Gasteiger partial charge >= 0.3 is 0 Å². The molecule has 0 unspecified atom stereocenters. The van der Waals surface area contributed by atoms with E-state index >= 15 is 61.5 Å². The van der Waals surface area contributed by atoms with Crippen LogP contribution in [0.3, 0.4) is 0 Å². The number of H-pyrrole nitrogens is 2. The second-order valence-electron chi connectivity index (χ2n) is 15.8. The predicted octanol–water partition coefficient (Wildman–Crippen LogP) is 13.3. The number of hydrogen-bond donors (Lipinski definition) is 2. The zero-order valence-corrected chi connectivity index (χ0v) is 35.2. The molecule has 7 aromatic rings. The smallest absolute Gasteiger partial charge is 0.201 e. The molecule has 10 rings (SSSR count). The van der Waals surface area contributed by atoms with Crippen LogP contribution in [-0.2, 0) is 0 Å². The number of ketones is 1. The fourth-order valence-electron chi connectivity index (χ4n) is 8.61. The average Bonchev–Trinajstić information content (AvgIpc) is 4.26. The molecule has 6 bridgehead atoms. The number of aromatic nitrogens is 3. The molecule has 0 saturated carbocycles. The average molecular weight is 1060 g/mol. The topological polar surface area (TPSA) is 78.3 Å². The van der Waals surface area contributed by atoms with Crippen molar-refractivity contribution < 1.29 is 92.6 Å². The standard InChI is InChI=1S/C48H13F20N5O/c49-25-21(26(50)34(58)41(65)33(25)57)18-11-1-2-12(9-11)19(22-27(51)35(59)42(66)36(60)28(22)52)48-70-10-16(72-48)20(23-29(53)37(61)43(67)38(62)30(23)54)15-3-4-17(71-15)73-8-6-14(46(73)45-13(18)5-7-69-45)47(74)24-31(55)39(63)44(68)40(64)32(24)56/h1-8,10,69,71H,9H2. The van der Waals surface area contributed by atoms with E-state index in [1.807, 2.05) is 0 Å². The zero-order valence-electron chi connectivity index (χ0n) is 35.2. The molecule has 0 atom stereocenters. The lowest BCUT2D eigenvalue weighted by Crippen LogP contribution is -2.15. The fourth-order valence-corrected chi connectivity index (χ4v) is 8.61. The predicted molar refractivity (Wildman–Crippen MR) is 217 cm³/mol. The van der Waals surface area contributed by atoms with Crippen molar-refractivity contribution in [3.8, 4) is 17.2 Å². The molecular weight excluding hydrogens is 1040 g/mol. The van der Waals surface area contributed by atoms with Crippen LogP contribution in [0.5, 0.6) is 0 Å². The molecule has 26 heteroatoms. The summed E-state index contributed by atoms with van der Waals surface area (Å²) in [4.78, 5) is 26.9. The molecule has 1 aliphatic carbocycles. The molecule has 2 N–H and O–H groups in total. The molecule has 0 radical (unpaired) electrons. The Morgan fingerprint density at radius 2 is 0.919 bits per heavy atom. The highest BCUT2D eigenvalue weighted by Gasteiger charge is 2.39. The highest BCUT2D eigenvalue weighted by atomic mass is 19.2. The number of nitrogens with zero attached hydrogens (tertiary/aromatic N) is 3. The van der Waals surface area contributed by atoms with Gasteiger partial charge in [0.15, 0.2) is 98.9 Å². The first-order chi connectivity index (χ1) is 35.0. The van der Waals surface area contributed by atoms with E-state index in [9.17, 15) is 31.1 Å². The van der Waals surface area contributed by atoms with Crippen LogP contribution in [0.25, 0.3) is 33.9 Å². The summed E-state index contributed by atoms with van der Waals surface area (Å²) < 4.78 is 305. The second-order valence-corrected chi connectivity index (χ2v) is 15.8. The Kier molecular flexibility index (Phi) is 11.4. The molecule has 4 aromatic carbocycles. The lowest BCUT2D eigenvalue weighted by atomic mass is 9.88. The van der Waals surface area contributed by atoms with Gasteiger partial charge in [-0.3, -0.25) is 4.79 Å². The Hall–Kier alpha value is -8.71. The quantitative estimate of drug-likeness (QED) is 0.0766. The van der Waals surface area contributed by atoms with Crippen LogP contribution in [0.1, 0.15) is 50.3 Å². The van der Waals surface area contributed by atoms with E-state index in [0.717, 1.165) is 36.7 Å². The van der Waals surface area contributed by atoms with Crippen molar-refractivity contribution in [2.45, 2.75) is 6.42 Å². The van der Waals surface area contributed by atoms with E-state index in [1.165, 1.54) is 0 Å². The van der Waals surface area contributed by atoms with Gasteiger partial charge in [-0.25, -0.2) is 97.8 Å². The molecule has 0 spiro atoms. The minimum Gasteiger partial charge on any atom is -0.359 e. The van der Waals surface area contributed by atoms with Gasteiger partial charge in [-0.05, 0) is 41.8 Å². The molecular formula is C48H13F20N5O. The normalized spacial score (nSPS) is 14.3. The number of carbonyl (C=O) groups is 1. The number of benzene rings is 4. The number of allylic oxidation sites excluding steroid dienone is 5. The van der Waals surface area contributed by atoms with Crippen LogP contribution < -0.4 is 0 Å². The maximum Gasteiger partial charge on any atom is 0.201 e. The Labute approximate surface area is 395 Å². The van der Waals surface area contributed by atoms with Crippen molar-refractivity contribution in [2.75, 3.05) is 0 Å². The summed E-state index contributed by atoms with van der Waals surface area (Å²) in [5.74, 6) is -56.6. The van der Waals surface area contributed by atoms with Crippen LogP contribution >= 0.6 is 0 Å². The monoisotopic (exact) mass is 1060 g/mol. The summed E-state index contributed by atoms with van der Waals surface area (Å²) in [5, 5.41) is 0. The third-order valence-corrected chi connectivity index (χ3v) is 11.9. The highest BCUT2D eigenvalue weighted by molar-refractivity contribution is 6.30. The van der Waals surface area contributed by atoms with Gasteiger partial charge in [-0.1, -0.05) is 12.2 Å². The number of rotatable bonds is 5. The Balaban J connectivity index is 1.39. The van der Waals surface area contributed by atoms with E-state index in [1.54, 1.807) is 0 Å². The number of nitrogens with one attached hydrogen (secondary N) is 2. The van der Waals surface area contributed by atoms with Gasteiger partial charge in [-0.2, -0.15) is 0 Å². The summed E-state index contributed by atoms with van der Waals surface area (Å²) >= 11 is 0. The first-order valence-corrected chi connectivity index (χ1v) is 20.2. The van der Waals surface area contributed by atoms with Gasteiger partial charge in [0, 0.05) is 34.7 Å². The van der Waals surface area contributed by atoms with Crippen molar-refractivity contribution in [2.24, 2.45) is 9.98 Å². The van der Waals surface area contributed by atoms with E-state index in [4.69, 9.17) is 0 Å². The highest BCUT2D eigenvalue weighted by Crippen LogP contribution is 2.47.